The van der Waals surface area contributed by atoms with Crippen LogP contribution in [0, 0.1) is 16.7 Å². The molecule has 1 atom stereocenters. The van der Waals surface area contributed by atoms with E-state index in [1.165, 1.54) is 6.42 Å². The molecule has 1 aromatic rings. The number of morpholine rings is 1. The summed E-state index contributed by atoms with van der Waals surface area (Å²) in [6, 6.07) is 9.70. The van der Waals surface area contributed by atoms with E-state index in [1.807, 2.05) is 4.90 Å². The van der Waals surface area contributed by atoms with Crippen LogP contribution in [-0.2, 0) is 4.74 Å². The Bertz CT molecular complexity index is 728. The molecule has 6 nitrogen and oxygen atoms in total. The van der Waals surface area contributed by atoms with E-state index in [4.69, 9.17) is 10.00 Å². The van der Waals surface area contributed by atoms with Gasteiger partial charge < -0.3 is 14.5 Å². The van der Waals surface area contributed by atoms with Gasteiger partial charge in [0.25, 0.3) is 5.91 Å². The number of nitriles is 1. The van der Waals surface area contributed by atoms with E-state index >= 15 is 0 Å². The van der Waals surface area contributed by atoms with E-state index < -0.39 is 0 Å². The van der Waals surface area contributed by atoms with Crippen molar-refractivity contribution >= 4 is 5.91 Å². The number of likely N-dealkylation sites (tertiary alicyclic amines) is 2. The lowest BCUT2D eigenvalue weighted by Crippen LogP contribution is -2.44. The standard InChI is InChI=1S/C22H30N4O2/c1-24-17-22(14-20(24)16-25-10-12-28-13-11-25)6-8-26(9-7-22)21(27)19-4-2-18(15-23)3-5-19/h2-5,20H,6-14,16-17H2,1H3. The molecule has 0 aliphatic carbocycles. The van der Waals surface area contributed by atoms with Gasteiger partial charge in [-0.1, -0.05) is 0 Å². The minimum atomic E-state index is 0.0931. The number of hydrogen-bond donors (Lipinski definition) is 0. The summed E-state index contributed by atoms with van der Waals surface area (Å²) in [5, 5.41) is 8.92. The Labute approximate surface area is 167 Å². The molecule has 3 aliphatic heterocycles. The van der Waals surface area contributed by atoms with Crippen molar-refractivity contribution in [1.82, 2.24) is 14.7 Å². The van der Waals surface area contributed by atoms with Gasteiger partial charge in [0.15, 0.2) is 0 Å². The molecule has 0 aromatic heterocycles. The molecule has 28 heavy (non-hydrogen) atoms. The maximum Gasteiger partial charge on any atom is 0.253 e. The van der Waals surface area contributed by atoms with Crippen LogP contribution in [-0.4, -0.2) is 86.2 Å². The molecule has 0 saturated carbocycles. The third-order valence-electron chi connectivity index (χ3n) is 6.82. The molecule has 1 aromatic carbocycles. The minimum absolute atomic E-state index is 0.0931. The largest absolute Gasteiger partial charge is 0.379 e. The van der Waals surface area contributed by atoms with Gasteiger partial charge in [-0.25, -0.2) is 0 Å². The van der Waals surface area contributed by atoms with E-state index in [0.29, 0.717) is 22.6 Å². The Morgan fingerprint density at radius 1 is 1.18 bits per heavy atom. The third kappa shape index (κ3) is 4.07. The van der Waals surface area contributed by atoms with Gasteiger partial charge in [0.05, 0.1) is 24.8 Å². The molecule has 1 amide bonds. The molecular weight excluding hydrogens is 352 g/mol. The Kier molecular flexibility index (Phi) is 5.68. The molecule has 0 bridgehead atoms. The van der Waals surface area contributed by atoms with Crippen molar-refractivity contribution in [2.24, 2.45) is 5.41 Å². The zero-order chi connectivity index (χ0) is 19.6. The van der Waals surface area contributed by atoms with E-state index in [9.17, 15) is 4.79 Å². The van der Waals surface area contributed by atoms with E-state index in [0.717, 1.165) is 65.3 Å². The van der Waals surface area contributed by atoms with Crippen LogP contribution in [0.25, 0.3) is 0 Å². The first-order chi connectivity index (χ1) is 13.6. The number of amides is 1. The summed E-state index contributed by atoms with van der Waals surface area (Å²) in [5.41, 5.74) is 1.63. The number of benzene rings is 1. The van der Waals surface area contributed by atoms with Crippen LogP contribution in [0.4, 0.5) is 0 Å². The van der Waals surface area contributed by atoms with E-state index in [-0.39, 0.29) is 5.91 Å². The fourth-order valence-electron chi connectivity index (χ4n) is 5.08. The van der Waals surface area contributed by atoms with Crippen molar-refractivity contribution in [2.45, 2.75) is 25.3 Å². The molecule has 3 saturated heterocycles. The van der Waals surface area contributed by atoms with Gasteiger partial charge in [-0.15, -0.1) is 0 Å². The zero-order valence-corrected chi connectivity index (χ0v) is 16.8. The van der Waals surface area contributed by atoms with Gasteiger partial charge in [0.2, 0.25) is 0 Å². The molecule has 1 spiro atoms. The Balaban J connectivity index is 1.32. The molecule has 4 rings (SSSR count). The topological polar surface area (TPSA) is 59.8 Å². The fraction of sp³-hybridized carbons (Fsp3) is 0.636. The maximum atomic E-state index is 12.8. The number of carbonyl (C=O) groups excluding carboxylic acids is 1. The van der Waals surface area contributed by atoms with Crippen LogP contribution in [0.5, 0.6) is 0 Å². The number of piperidine rings is 1. The predicted molar refractivity (Wildman–Crippen MR) is 107 cm³/mol. The van der Waals surface area contributed by atoms with Crippen LogP contribution >= 0.6 is 0 Å². The number of ether oxygens (including phenoxy) is 1. The summed E-state index contributed by atoms with van der Waals surface area (Å²) in [6.45, 7) is 7.74. The summed E-state index contributed by atoms with van der Waals surface area (Å²) in [5.74, 6) is 0.0931. The molecule has 0 radical (unpaired) electrons. The molecule has 3 heterocycles. The van der Waals surface area contributed by atoms with Crippen molar-refractivity contribution < 1.29 is 9.53 Å². The van der Waals surface area contributed by atoms with Gasteiger partial charge in [0, 0.05) is 50.9 Å². The van der Waals surface area contributed by atoms with E-state index in [1.54, 1.807) is 24.3 Å². The molecule has 6 heteroatoms. The first-order valence-electron chi connectivity index (χ1n) is 10.4. The summed E-state index contributed by atoms with van der Waals surface area (Å²) in [6.07, 6.45) is 3.40. The first-order valence-corrected chi connectivity index (χ1v) is 10.4. The second-order valence-electron chi connectivity index (χ2n) is 8.67. The highest BCUT2D eigenvalue weighted by Crippen LogP contribution is 2.43. The first kappa shape index (κ1) is 19.4. The number of carbonyl (C=O) groups is 1. The van der Waals surface area contributed by atoms with Crippen LogP contribution < -0.4 is 0 Å². The Morgan fingerprint density at radius 2 is 1.86 bits per heavy atom. The second kappa shape index (κ2) is 8.20. The molecular formula is C22H30N4O2. The van der Waals surface area contributed by atoms with Crippen molar-refractivity contribution in [3.63, 3.8) is 0 Å². The van der Waals surface area contributed by atoms with E-state index in [2.05, 4.69) is 22.9 Å². The van der Waals surface area contributed by atoms with Gasteiger partial charge in [-0.3, -0.25) is 9.69 Å². The van der Waals surface area contributed by atoms with Crippen LogP contribution in [0.2, 0.25) is 0 Å². The normalized spacial score (nSPS) is 25.7. The highest BCUT2D eigenvalue weighted by Gasteiger charge is 2.45. The summed E-state index contributed by atoms with van der Waals surface area (Å²) < 4.78 is 5.48. The van der Waals surface area contributed by atoms with Gasteiger partial charge in [0.1, 0.15) is 0 Å². The lowest BCUT2D eigenvalue weighted by atomic mass is 9.76. The summed E-state index contributed by atoms with van der Waals surface area (Å²) in [7, 11) is 2.26. The van der Waals surface area contributed by atoms with Crippen LogP contribution in [0.3, 0.4) is 0 Å². The second-order valence-corrected chi connectivity index (χ2v) is 8.67. The Hall–Kier alpha value is -1.94. The zero-order valence-electron chi connectivity index (χ0n) is 16.8. The fourth-order valence-corrected chi connectivity index (χ4v) is 5.08. The minimum Gasteiger partial charge on any atom is -0.379 e. The van der Waals surface area contributed by atoms with Crippen molar-refractivity contribution in [3.05, 3.63) is 35.4 Å². The van der Waals surface area contributed by atoms with Crippen LogP contribution in [0.15, 0.2) is 24.3 Å². The highest BCUT2D eigenvalue weighted by molar-refractivity contribution is 5.94. The smallest absolute Gasteiger partial charge is 0.253 e. The average Bonchev–Trinajstić information content (AvgIpc) is 3.03. The number of hydrogen-bond acceptors (Lipinski definition) is 5. The summed E-state index contributed by atoms with van der Waals surface area (Å²) >= 11 is 0. The van der Waals surface area contributed by atoms with Gasteiger partial charge >= 0.3 is 0 Å². The molecule has 3 fully saturated rings. The predicted octanol–water partition coefficient (Wildman–Crippen LogP) is 1.82. The average molecular weight is 383 g/mol. The maximum absolute atomic E-state index is 12.8. The van der Waals surface area contributed by atoms with Crippen LogP contribution in [0.1, 0.15) is 35.2 Å². The third-order valence-corrected chi connectivity index (χ3v) is 6.82. The highest BCUT2D eigenvalue weighted by atomic mass is 16.5. The molecule has 3 aliphatic rings. The monoisotopic (exact) mass is 382 g/mol. The molecule has 1 unspecified atom stereocenters. The number of likely N-dealkylation sites (N-methyl/N-ethyl adjacent to an activating group) is 1. The SMILES string of the molecule is CN1CC2(CCN(C(=O)c3ccc(C#N)cc3)CC2)CC1CN1CCOCC1. The Morgan fingerprint density at radius 3 is 2.50 bits per heavy atom. The molecule has 0 N–H and O–H groups in total. The lowest BCUT2D eigenvalue weighted by Gasteiger charge is -2.39. The van der Waals surface area contributed by atoms with Crippen molar-refractivity contribution in [2.75, 3.05) is 59.5 Å². The number of rotatable bonds is 3. The quantitative estimate of drug-likeness (QED) is 0.798. The number of nitrogens with zero attached hydrogens (tertiary/aromatic N) is 4. The lowest BCUT2D eigenvalue weighted by molar-refractivity contribution is 0.0283. The molecule has 150 valence electrons. The van der Waals surface area contributed by atoms with Crippen molar-refractivity contribution in [3.8, 4) is 6.07 Å². The van der Waals surface area contributed by atoms with Crippen molar-refractivity contribution in [1.29, 1.82) is 5.26 Å². The summed E-state index contributed by atoms with van der Waals surface area (Å²) in [4.78, 5) is 19.9. The van der Waals surface area contributed by atoms with Gasteiger partial charge in [-0.2, -0.15) is 5.26 Å². The van der Waals surface area contributed by atoms with Gasteiger partial charge in [-0.05, 0) is 56.0 Å².